The molecule has 1 amide bonds. The van der Waals surface area contributed by atoms with Gasteiger partial charge in [0, 0.05) is 24.8 Å². The molecule has 2 rings (SSSR count). The average Bonchev–Trinajstić information content (AvgIpc) is 3.37. The lowest BCUT2D eigenvalue weighted by Crippen LogP contribution is -2.26. The van der Waals surface area contributed by atoms with Crippen LogP contribution in [0.15, 0.2) is 29.8 Å². The predicted octanol–water partition coefficient (Wildman–Crippen LogP) is 3.50. The first-order chi connectivity index (χ1) is 11.2. The third-order valence-corrected chi connectivity index (χ3v) is 3.83. The van der Waals surface area contributed by atoms with E-state index in [9.17, 15) is 10.1 Å². The number of hydrogen-bond donors (Lipinski definition) is 1. The van der Waals surface area contributed by atoms with E-state index < -0.39 is 0 Å². The Morgan fingerprint density at radius 3 is 2.35 bits per heavy atom. The van der Waals surface area contributed by atoms with Crippen molar-refractivity contribution < 1.29 is 4.79 Å². The summed E-state index contributed by atoms with van der Waals surface area (Å²) in [7, 11) is 0. The molecule has 1 N–H and O–H groups in total. The maximum atomic E-state index is 12.0. The molecule has 0 spiro atoms. The monoisotopic (exact) mass is 311 g/mol. The van der Waals surface area contributed by atoms with Gasteiger partial charge in [0.25, 0.3) is 5.91 Å². The zero-order chi connectivity index (χ0) is 16.7. The standard InChI is InChI=1S/C19H25N3O/c1-3-11-22(12-4-2)18-9-5-15(6-10-18)13-16(14-20)19(23)21-17-7-8-17/h5-6,9-10,13,17H,3-4,7-8,11-12H2,1-2H3,(H,21,23)/b16-13+. The van der Waals surface area contributed by atoms with Crippen LogP contribution in [-0.2, 0) is 4.79 Å². The highest BCUT2D eigenvalue weighted by Gasteiger charge is 2.24. The molecule has 4 nitrogen and oxygen atoms in total. The lowest BCUT2D eigenvalue weighted by Gasteiger charge is -2.23. The molecule has 0 atom stereocenters. The number of hydrogen-bond acceptors (Lipinski definition) is 3. The molecule has 1 fully saturated rings. The summed E-state index contributed by atoms with van der Waals surface area (Å²) in [6.45, 7) is 6.43. The number of anilines is 1. The van der Waals surface area contributed by atoms with Crippen molar-refractivity contribution in [2.24, 2.45) is 0 Å². The van der Waals surface area contributed by atoms with Gasteiger partial charge in [-0.3, -0.25) is 4.79 Å². The molecule has 0 heterocycles. The number of carbonyl (C=O) groups is 1. The number of amides is 1. The van der Waals surface area contributed by atoms with Crippen LogP contribution < -0.4 is 10.2 Å². The Kier molecular flexibility index (Phi) is 6.22. The minimum absolute atomic E-state index is 0.170. The largest absolute Gasteiger partial charge is 0.372 e. The zero-order valence-electron chi connectivity index (χ0n) is 14.0. The van der Waals surface area contributed by atoms with E-state index in [1.807, 2.05) is 18.2 Å². The number of nitriles is 1. The van der Waals surface area contributed by atoms with Crippen LogP contribution in [-0.4, -0.2) is 25.0 Å². The molecular formula is C19H25N3O. The van der Waals surface area contributed by atoms with Crippen LogP contribution in [0, 0.1) is 11.3 Å². The molecule has 1 aliphatic carbocycles. The Morgan fingerprint density at radius 2 is 1.87 bits per heavy atom. The van der Waals surface area contributed by atoms with E-state index >= 15 is 0 Å². The molecule has 1 aromatic carbocycles. The molecule has 0 radical (unpaired) electrons. The molecule has 4 heteroatoms. The normalized spacial score (nSPS) is 14.2. The van der Waals surface area contributed by atoms with Gasteiger partial charge >= 0.3 is 0 Å². The number of nitrogens with one attached hydrogen (secondary N) is 1. The predicted molar refractivity (Wildman–Crippen MR) is 94.0 cm³/mol. The molecule has 122 valence electrons. The van der Waals surface area contributed by atoms with Crippen LogP contribution in [0.2, 0.25) is 0 Å². The molecule has 0 saturated heterocycles. The third-order valence-electron chi connectivity index (χ3n) is 3.83. The number of rotatable bonds is 8. The number of carbonyl (C=O) groups excluding carboxylic acids is 1. The summed E-state index contributed by atoms with van der Waals surface area (Å²) in [6, 6.07) is 10.3. The molecule has 1 aromatic rings. The maximum Gasteiger partial charge on any atom is 0.262 e. The lowest BCUT2D eigenvalue weighted by atomic mass is 10.1. The van der Waals surface area contributed by atoms with E-state index in [1.54, 1.807) is 6.08 Å². The highest BCUT2D eigenvalue weighted by Crippen LogP contribution is 2.20. The summed E-state index contributed by atoms with van der Waals surface area (Å²) in [5, 5.41) is 12.0. The highest BCUT2D eigenvalue weighted by atomic mass is 16.1. The maximum absolute atomic E-state index is 12.0. The van der Waals surface area contributed by atoms with Gasteiger partial charge in [0.1, 0.15) is 11.6 Å². The van der Waals surface area contributed by atoms with Gasteiger partial charge in [-0.2, -0.15) is 5.26 Å². The second kappa shape index (κ2) is 8.38. The topological polar surface area (TPSA) is 56.1 Å². The van der Waals surface area contributed by atoms with E-state index in [1.165, 1.54) is 5.69 Å². The molecule has 1 saturated carbocycles. The molecule has 0 unspecified atom stereocenters. The minimum Gasteiger partial charge on any atom is -0.372 e. The highest BCUT2D eigenvalue weighted by molar-refractivity contribution is 6.02. The Labute approximate surface area is 138 Å². The minimum atomic E-state index is -0.266. The van der Waals surface area contributed by atoms with E-state index in [0.29, 0.717) is 0 Å². The summed E-state index contributed by atoms with van der Waals surface area (Å²) >= 11 is 0. The second-order valence-electron chi connectivity index (χ2n) is 6.00. The van der Waals surface area contributed by atoms with E-state index in [4.69, 9.17) is 0 Å². The first kappa shape index (κ1) is 17.1. The molecule has 0 bridgehead atoms. The van der Waals surface area contributed by atoms with Gasteiger partial charge in [0.15, 0.2) is 0 Å². The Balaban J connectivity index is 2.09. The van der Waals surface area contributed by atoms with Crippen molar-refractivity contribution in [2.75, 3.05) is 18.0 Å². The molecular weight excluding hydrogens is 286 g/mol. The van der Waals surface area contributed by atoms with Crippen molar-refractivity contribution in [2.45, 2.75) is 45.6 Å². The van der Waals surface area contributed by atoms with Crippen molar-refractivity contribution in [3.05, 3.63) is 35.4 Å². The van der Waals surface area contributed by atoms with Gasteiger partial charge < -0.3 is 10.2 Å². The summed E-state index contributed by atoms with van der Waals surface area (Å²) in [4.78, 5) is 14.3. The van der Waals surface area contributed by atoms with Gasteiger partial charge in [0.05, 0.1) is 0 Å². The Morgan fingerprint density at radius 1 is 1.26 bits per heavy atom. The summed E-state index contributed by atoms with van der Waals surface area (Å²) in [5.41, 5.74) is 2.24. The van der Waals surface area contributed by atoms with Crippen molar-refractivity contribution in [1.29, 1.82) is 5.26 Å². The van der Waals surface area contributed by atoms with Crippen molar-refractivity contribution >= 4 is 17.7 Å². The Hall–Kier alpha value is -2.28. The third kappa shape index (κ3) is 5.14. The number of benzene rings is 1. The quantitative estimate of drug-likeness (QED) is 0.590. The van der Waals surface area contributed by atoms with E-state index in [2.05, 4.69) is 36.2 Å². The fourth-order valence-electron chi connectivity index (χ4n) is 2.50. The first-order valence-corrected chi connectivity index (χ1v) is 8.45. The van der Waals surface area contributed by atoms with Crippen LogP contribution in [0.5, 0.6) is 0 Å². The smallest absolute Gasteiger partial charge is 0.262 e. The van der Waals surface area contributed by atoms with Gasteiger partial charge in [-0.05, 0) is 49.5 Å². The van der Waals surface area contributed by atoms with Crippen LogP contribution in [0.4, 0.5) is 5.69 Å². The van der Waals surface area contributed by atoms with Crippen LogP contribution >= 0.6 is 0 Å². The van der Waals surface area contributed by atoms with E-state index in [-0.39, 0.29) is 17.5 Å². The summed E-state index contributed by atoms with van der Waals surface area (Å²) < 4.78 is 0. The van der Waals surface area contributed by atoms with Gasteiger partial charge in [0.2, 0.25) is 0 Å². The van der Waals surface area contributed by atoms with Crippen molar-refractivity contribution in [1.82, 2.24) is 5.32 Å². The first-order valence-electron chi connectivity index (χ1n) is 8.45. The summed E-state index contributed by atoms with van der Waals surface area (Å²) in [5.74, 6) is -0.266. The average molecular weight is 311 g/mol. The SMILES string of the molecule is CCCN(CCC)c1ccc(/C=C(\C#N)C(=O)NC2CC2)cc1. The van der Waals surface area contributed by atoms with E-state index in [0.717, 1.165) is 44.3 Å². The molecule has 23 heavy (non-hydrogen) atoms. The van der Waals surface area contributed by atoms with Gasteiger partial charge in [-0.1, -0.05) is 26.0 Å². The molecule has 1 aliphatic rings. The molecule has 0 aromatic heterocycles. The van der Waals surface area contributed by atoms with Gasteiger partial charge in [-0.25, -0.2) is 0 Å². The second-order valence-corrected chi connectivity index (χ2v) is 6.00. The van der Waals surface area contributed by atoms with Crippen molar-refractivity contribution in [3.63, 3.8) is 0 Å². The summed E-state index contributed by atoms with van der Waals surface area (Å²) in [6.07, 6.45) is 5.92. The van der Waals surface area contributed by atoms with Crippen molar-refractivity contribution in [3.8, 4) is 6.07 Å². The van der Waals surface area contributed by atoms with Gasteiger partial charge in [-0.15, -0.1) is 0 Å². The Bertz CT molecular complexity index is 588. The fraction of sp³-hybridized carbons (Fsp3) is 0.474. The van der Waals surface area contributed by atoms with Crippen LogP contribution in [0.1, 0.15) is 45.1 Å². The lowest BCUT2D eigenvalue weighted by molar-refractivity contribution is -0.117. The van der Waals surface area contributed by atoms with Crippen LogP contribution in [0.25, 0.3) is 6.08 Å². The zero-order valence-corrected chi connectivity index (χ0v) is 14.0. The number of nitrogens with zero attached hydrogens (tertiary/aromatic N) is 2. The molecule has 0 aliphatic heterocycles. The van der Waals surface area contributed by atoms with Crippen LogP contribution in [0.3, 0.4) is 0 Å². The fourth-order valence-corrected chi connectivity index (χ4v) is 2.50.